The second kappa shape index (κ2) is 7.44. The first-order valence-electron chi connectivity index (χ1n) is 9.51. The highest BCUT2D eigenvalue weighted by atomic mass is 16.7. The summed E-state index contributed by atoms with van der Waals surface area (Å²) in [5, 5.41) is 0. The van der Waals surface area contributed by atoms with Crippen LogP contribution in [-0.2, 0) is 19.0 Å². The molecule has 0 radical (unpaired) electrons. The molecule has 0 N–H and O–H groups in total. The van der Waals surface area contributed by atoms with Crippen molar-refractivity contribution in [2.24, 2.45) is 0 Å². The van der Waals surface area contributed by atoms with Crippen LogP contribution < -0.4 is 0 Å². The molecule has 4 rings (SSSR count). The Balaban J connectivity index is 1.41. The Morgan fingerprint density at radius 1 is 1.08 bits per heavy atom. The summed E-state index contributed by atoms with van der Waals surface area (Å²) < 4.78 is 17.8. The van der Waals surface area contributed by atoms with Gasteiger partial charge in [-0.15, -0.1) is 0 Å². The Kier molecular flexibility index (Phi) is 5.06. The van der Waals surface area contributed by atoms with E-state index in [0.29, 0.717) is 32.7 Å². The van der Waals surface area contributed by atoms with E-state index >= 15 is 0 Å². The van der Waals surface area contributed by atoms with E-state index in [1.54, 1.807) is 0 Å². The minimum Gasteiger partial charge on any atom is -0.371 e. The van der Waals surface area contributed by atoms with Crippen molar-refractivity contribution in [1.82, 2.24) is 4.90 Å². The van der Waals surface area contributed by atoms with Crippen LogP contribution in [0.2, 0.25) is 0 Å². The molecule has 2 saturated heterocycles. The molecule has 5 nitrogen and oxygen atoms in total. The number of carbonyl (C=O) groups is 1. The topological polar surface area (TPSA) is 48.0 Å². The molecule has 5 heteroatoms. The van der Waals surface area contributed by atoms with Crippen molar-refractivity contribution in [3.8, 4) is 0 Å². The first-order valence-corrected chi connectivity index (χ1v) is 9.51. The minimum absolute atomic E-state index is 0.0949. The molecule has 0 aromatic heterocycles. The lowest BCUT2D eigenvalue weighted by molar-refractivity contribution is -0.225. The van der Waals surface area contributed by atoms with Gasteiger partial charge in [0.1, 0.15) is 6.10 Å². The molecule has 1 aromatic carbocycles. The van der Waals surface area contributed by atoms with Crippen molar-refractivity contribution < 1.29 is 19.0 Å². The van der Waals surface area contributed by atoms with Crippen molar-refractivity contribution in [1.29, 1.82) is 0 Å². The Bertz CT molecular complexity index is 579. The molecule has 1 saturated carbocycles. The van der Waals surface area contributed by atoms with Gasteiger partial charge in [-0.05, 0) is 12.8 Å². The normalized spacial score (nSPS) is 29.5. The van der Waals surface area contributed by atoms with Gasteiger partial charge in [0.15, 0.2) is 6.29 Å². The average Bonchev–Trinajstić information content (AvgIpc) is 2.69. The van der Waals surface area contributed by atoms with Gasteiger partial charge in [0.2, 0.25) is 0 Å². The molecule has 3 fully saturated rings. The molecule has 1 aromatic rings. The fraction of sp³-hybridized carbons (Fsp3) is 0.650. The van der Waals surface area contributed by atoms with Crippen LogP contribution in [-0.4, -0.2) is 48.8 Å². The second-order valence-electron chi connectivity index (χ2n) is 7.38. The smallest absolute Gasteiger partial charge is 0.252 e. The number of hydrogen-bond acceptors (Lipinski definition) is 4. The molecule has 2 atom stereocenters. The van der Waals surface area contributed by atoms with E-state index in [2.05, 4.69) is 0 Å². The molecule has 2 heterocycles. The zero-order chi connectivity index (χ0) is 17.1. The van der Waals surface area contributed by atoms with E-state index in [9.17, 15) is 4.79 Å². The molecule has 3 aliphatic rings. The van der Waals surface area contributed by atoms with E-state index < -0.39 is 12.4 Å². The van der Waals surface area contributed by atoms with Gasteiger partial charge in [-0.3, -0.25) is 4.79 Å². The van der Waals surface area contributed by atoms with E-state index in [1.807, 2.05) is 35.2 Å². The van der Waals surface area contributed by atoms with Gasteiger partial charge in [0.25, 0.3) is 5.91 Å². The number of amides is 1. The largest absolute Gasteiger partial charge is 0.371 e. The maximum absolute atomic E-state index is 13.0. The molecule has 1 spiro atoms. The van der Waals surface area contributed by atoms with Gasteiger partial charge >= 0.3 is 0 Å². The molecule has 0 unspecified atom stereocenters. The van der Waals surface area contributed by atoms with Gasteiger partial charge in [-0.1, -0.05) is 49.6 Å². The molecular weight excluding hydrogens is 318 g/mol. The zero-order valence-corrected chi connectivity index (χ0v) is 14.7. The van der Waals surface area contributed by atoms with Crippen LogP contribution in [0.1, 0.15) is 50.4 Å². The number of ether oxygens (including phenoxy) is 3. The van der Waals surface area contributed by atoms with Crippen LogP contribution in [0.15, 0.2) is 30.3 Å². The van der Waals surface area contributed by atoms with Gasteiger partial charge in [0.05, 0.1) is 18.8 Å². The highest BCUT2D eigenvalue weighted by Crippen LogP contribution is 2.35. The Morgan fingerprint density at radius 2 is 1.88 bits per heavy atom. The third-order valence-electron chi connectivity index (χ3n) is 5.61. The van der Waals surface area contributed by atoms with Crippen molar-refractivity contribution in [2.75, 3.05) is 26.3 Å². The number of rotatable bonds is 2. The summed E-state index contributed by atoms with van der Waals surface area (Å²) in [5.74, 6) is 0.0949. The number of nitrogens with zero attached hydrogens (tertiary/aromatic N) is 1. The fourth-order valence-electron chi connectivity index (χ4n) is 4.24. The van der Waals surface area contributed by atoms with Crippen molar-refractivity contribution in [3.05, 3.63) is 35.9 Å². The summed E-state index contributed by atoms with van der Waals surface area (Å²) in [6.07, 6.45) is 5.56. The lowest BCUT2D eigenvalue weighted by atomic mass is 9.83. The van der Waals surface area contributed by atoms with E-state index in [-0.39, 0.29) is 11.5 Å². The van der Waals surface area contributed by atoms with Crippen molar-refractivity contribution in [2.45, 2.75) is 56.5 Å². The van der Waals surface area contributed by atoms with Crippen LogP contribution in [0.5, 0.6) is 0 Å². The third kappa shape index (κ3) is 3.73. The first kappa shape index (κ1) is 17.0. The Morgan fingerprint density at radius 3 is 2.68 bits per heavy atom. The summed E-state index contributed by atoms with van der Waals surface area (Å²) in [7, 11) is 0. The second-order valence-corrected chi connectivity index (χ2v) is 7.38. The quantitative estimate of drug-likeness (QED) is 0.827. The number of hydrogen-bond donors (Lipinski definition) is 0. The maximum Gasteiger partial charge on any atom is 0.252 e. The highest BCUT2D eigenvalue weighted by Gasteiger charge is 2.41. The average molecular weight is 345 g/mol. The molecular formula is C20H27NO4. The number of benzene rings is 1. The minimum atomic E-state index is -0.450. The lowest BCUT2D eigenvalue weighted by Gasteiger charge is -2.46. The van der Waals surface area contributed by atoms with E-state index in [4.69, 9.17) is 14.2 Å². The van der Waals surface area contributed by atoms with E-state index in [0.717, 1.165) is 18.4 Å². The van der Waals surface area contributed by atoms with Crippen LogP contribution in [0.25, 0.3) is 0 Å². The van der Waals surface area contributed by atoms with Crippen LogP contribution >= 0.6 is 0 Å². The summed E-state index contributed by atoms with van der Waals surface area (Å²) in [4.78, 5) is 15.0. The lowest BCUT2D eigenvalue weighted by Crippen LogP contribution is -2.57. The first-order chi connectivity index (χ1) is 12.3. The molecule has 25 heavy (non-hydrogen) atoms. The van der Waals surface area contributed by atoms with Gasteiger partial charge in [-0.25, -0.2) is 0 Å². The SMILES string of the molecule is O=C([C@@H]1CCO[C@@H](c2ccccc2)O1)N1CCOC2(CCCCC2)C1. The van der Waals surface area contributed by atoms with E-state index in [1.165, 1.54) is 19.3 Å². The molecule has 0 bridgehead atoms. The molecule has 136 valence electrons. The van der Waals surface area contributed by atoms with Gasteiger partial charge < -0.3 is 19.1 Å². The fourth-order valence-corrected chi connectivity index (χ4v) is 4.24. The number of morpholine rings is 1. The summed E-state index contributed by atoms with van der Waals surface area (Å²) in [6.45, 7) is 2.56. The van der Waals surface area contributed by atoms with Crippen LogP contribution in [0.4, 0.5) is 0 Å². The van der Waals surface area contributed by atoms with Crippen LogP contribution in [0.3, 0.4) is 0 Å². The number of carbonyl (C=O) groups excluding carboxylic acids is 1. The van der Waals surface area contributed by atoms with Crippen LogP contribution in [0, 0.1) is 0 Å². The Hall–Kier alpha value is -1.43. The predicted octanol–water partition coefficient (Wildman–Crippen LogP) is 3.05. The monoisotopic (exact) mass is 345 g/mol. The summed E-state index contributed by atoms with van der Waals surface area (Å²) in [5.41, 5.74) is 0.849. The summed E-state index contributed by atoms with van der Waals surface area (Å²) in [6, 6.07) is 9.84. The predicted molar refractivity (Wildman–Crippen MR) is 93.0 cm³/mol. The summed E-state index contributed by atoms with van der Waals surface area (Å²) >= 11 is 0. The standard InChI is InChI=1S/C20H27NO4/c22-18(21-12-14-24-20(15-21)10-5-2-6-11-20)17-9-13-23-19(25-17)16-7-3-1-4-8-16/h1,3-4,7-8,17,19H,2,5-6,9-15H2/t17-,19+/m0/s1. The Labute approximate surface area is 149 Å². The van der Waals surface area contributed by atoms with Gasteiger partial charge in [0, 0.05) is 25.1 Å². The highest BCUT2D eigenvalue weighted by molar-refractivity contribution is 5.81. The third-order valence-corrected chi connectivity index (χ3v) is 5.61. The maximum atomic E-state index is 13.0. The molecule has 1 aliphatic carbocycles. The van der Waals surface area contributed by atoms with Crippen molar-refractivity contribution in [3.63, 3.8) is 0 Å². The van der Waals surface area contributed by atoms with Crippen molar-refractivity contribution >= 4 is 5.91 Å². The molecule has 1 amide bonds. The van der Waals surface area contributed by atoms with Gasteiger partial charge in [-0.2, -0.15) is 0 Å². The molecule has 2 aliphatic heterocycles. The zero-order valence-electron chi connectivity index (χ0n) is 14.7.